The summed E-state index contributed by atoms with van der Waals surface area (Å²) in [4.78, 5) is 18.5. The second-order valence-electron chi connectivity index (χ2n) is 10.4. The molecule has 0 aliphatic carbocycles. The zero-order chi connectivity index (χ0) is 27.0. The molecule has 11 heteroatoms. The largest absolute Gasteiger partial charge is 0.444 e. The molecule has 9 nitrogen and oxygen atoms in total. The van der Waals surface area contributed by atoms with Crippen molar-refractivity contribution in [2.75, 3.05) is 18.8 Å². The smallest absolute Gasteiger partial charge is 0.410 e. The molecule has 198 valence electrons. The van der Waals surface area contributed by atoms with Crippen LogP contribution in [0.2, 0.25) is 10.0 Å². The SMILES string of the molecule is CC(C)(C)OC(=O)N1CCC(n2cc(-c3cnc(N)c(-c4cc(-c5cc(Cl)ccc5Cl)[nH]n4)c3)cn2)CC1. The van der Waals surface area contributed by atoms with Gasteiger partial charge in [-0.1, -0.05) is 23.2 Å². The van der Waals surface area contributed by atoms with Crippen molar-refractivity contribution in [3.63, 3.8) is 0 Å². The van der Waals surface area contributed by atoms with Crippen LogP contribution >= 0.6 is 23.2 Å². The number of aromatic nitrogens is 5. The van der Waals surface area contributed by atoms with E-state index in [9.17, 15) is 4.79 Å². The van der Waals surface area contributed by atoms with Gasteiger partial charge in [-0.3, -0.25) is 9.78 Å². The molecule has 0 atom stereocenters. The number of likely N-dealkylation sites (tertiary alicyclic amines) is 1. The van der Waals surface area contributed by atoms with Crippen LogP contribution in [0, 0.1) is 0 Å². The van der Waals surface area contributed by atoms with Gasteiger partial charge in [0.25, 0.3) is 0 Å². The molecular weight excluding hydrogens is 525 g/mol. The van der Waals surface area contributed by atoms with Crippen molar-refractivity contribution in [2.24, 2.45) is 0 Å². The monoisotopic (exact) mass is 553 g/mol. The molecule has 4 heterocycles. The number of pyridine rings is 1. The number of hydrogen-bond acceptors (Lipinski definition) is 6. The Morgan fingerprint density at radius 1 is 1.08 bits per heavy atom. The third-order valence-corrected chi connectivity index (χ3v) is 6.98. The summed E-state index contributed by atoms with van der Waals surface area (Å²) in [7, 11) is 0. The first kappa shape index (κ1) is 26.1. The molecule has 1 aromatic carbocycles. The fourth-order valence-corrected chi connectivity index (χ4v) is 4.86. The lowest BCUT2D eigenvalue weighted by molar-refractivity contribution is 0.0185. The molecule has 0 saturated carbocycles. The first-order valence-corrected chi connectivity index (χ1v) is 13.1. The molecule has 4 aromatic rings. The van der Waals surface area contributed by atoms with Gasteiger partial charge in [0.1, 0.15) is 11.4 Å². The second-order valence-corrected chi connectivity index (χ2v) is 11.2. The van der Waals surface area contributed by atoms with Crippen LogP contribution in [0.4, 0.5) is 10.6 Å². The van der Waals surface area contributed by atoms with Crippen LogP contribution in [0.3, 0.4) is 0 Å². The lowest BCUT2D eigenvalue weighted by atomic mass is 10.0. The molecule has 0 unspecified atom stereocenters. The van der Waals surface area contributed by atoms with Gasteiger partial charge in [0.15, 0.2) is 0 Å². The fraction of sp³-hybridized carbons (Fsp3) is 0.333. The molecule has 1 fully saturated rings. The van der Waals surface area contributed by atoms with Crippen molar-refractivity contribution >= 4 is 35.1 Å². The number of hydrogen-bond donors (Lipinski definition) is 2. The van der Waals surface area contributed by atoms with E-state index in [2.05, 4.69) is 20.3 Å². The summed E-state index contributed by atoms with van der Waals surface area (Å²) in [5.74, 6) is 0.367. The molecular formula is C27H29Cl2N7O2. The number of H-pyrrole nitrogens is 1. The van der Waals surface area contributed by atoms with E-state index >= 15 is 0 Å². The van der Waals surface area contributed by atoms with E-state index in [1.807, 2.05) is 50.0 Å². The highest BCUT2D eigenvalue weighted by molar-refractivity contribution is 6.35. The van der Waals surface area contributed by atoms with E-state index in [1.54, 1.807) is 29.3 Å². The minimum atomic E-state index is -0.503. The lowest BCUT2D eigenvalue weighted by Gasteiger charge is -2.33. The Labute approximate surface area is 230 Å². The Morgan fingerprint density at radius 3 is 2.58 bits per heavy atom. The summed E-state index contributed by atoms with van der Waals surface area (Å²) in [6.07, 6.45) is 6.89. The quantitative estimate of drug-likeness (QED) is 0.299. The van der Waals surface area contributed by atoms with Crippen molar-refractivity contribution < 1.29 is 9.53 Å². The van der Waals surface area contributed by atoms with Crippen LogP contribution < -0.4 is 5.73 Å². The van der Waals surface area contributed by atoms with Gasteiger partial charge in [-0.25, -0.2) is 9.78 Å². The summed E-state index contributed by atoms with van der Waals surface area (Å²) in [5, 5.41) is 13.2. The first-order chi connectivity index (χ1) is 18.1. The highest BCUT2D eigenvalue weighted by Crippen LogP contribution is 2.34. The van der Waals surface area contributed by atoms with Crippen LogP contribution in [0.15, 0.2) is 48.9 Å². The highest BCUT2D eigenvalue weighted by atomic mass is 35.5. The maximum absolute atomic E-state index is 12.4. The van der Waals surface area contributed by atoms with Crippen molar-refractivity contribution in [3.8, 4) is 33.6 Å². The third-order valence-electron chi connectivity index (χ3n) is 6.42. The number of carbonyl (C=O) groups is 1. The van der Waals surface area contributed by atoms with Crippen LogP contribution in [0.1, 0.15) is 39.7 Å². The minimum absolute atomic E-state index is 0.194. The predicted molar refractivity (Wildman–Crippen MR) is 149 cm³/mol. The average Bonchev–Trinajstić information content (AvgIpc) is 3.56. The standard InChI is InChI=1S/C27H29Cl2N7O2/c1-27(2,3)38-26(37)35-8-6-19(7-9-35)36-15-17(14-32-36)16-10-21(25(30)31-13-16)24-12-23(33-34-24)20-11-18(28)4-5-22(20)29/h4-5,10-15,19H,6-9H2,1-3H3,(H2,30,31)(H,33,34). The molecule has 3 N–H and O–H groups in total. The van der Waals surface area contributed by atoms with Crippen LogP contribution in [0.5, 0.6) is 0 Å². The number of nitrogen functional groups attached to an aromatic ring is 1. The predicted octanol–water partition coefficient (Wildman–Crippen LogP) is 6.46. The van der Waals surface area contributed by atoms with Gasteiger partial charge in [0, 0.05) is 52.8 Å². The number of aromatic amines is 1. The summed E-state index contributed by atoms with van der Waals surface area (Å²) in [5.41, 5.74) is 10.3. The number of ether oxygens (including phenoxy) is 1. The molecule has 1 aliphatic rings. The molecule has 0 bridgehead atoms. The summed E-state index contributed by atoms with van der Waals surface area (Å²) < 4.78 is 7.47. The molecule has 1 aliphatic heterocycles. The van der Waals surface area contributed by atoms with Crippen LogP contribution in [-0.4, -0.2) is 54.6 Å². The van der Waals surface area contributed by atoms with Crippen LogP contribution in [-0.2, 0) is 4.74 Å². The Bertz CT molecular complexity index is 1470. The molecule has 1 amide bonds. The number of benzene rings is 1. The number of nitrogens with one attached hydrogen (secondary N) is 1. The number of halogens is 2. The first-order valence-electron chi connectivity index (χ1n) is 12.4. The number of rotatable bonds is 4. The molecule has 3 aromatic heterocycles. The Kier molecular flexibility index (Phi) is 7.07. The number of piperidine rings is 1. The average molecular weight is 554 g/mol. The van der Waals surface area contributed by atoms with Gasteiger partial charge in [-0.15, -0.1) is 0 Å². The zero-order valence-electron chi connectivity index (χ0n) is 21.4. The molecule has 5 rings (SSSR count). The third kappa shape index (κ3) is 5.63. The number of amides is 1. The highest BCUT2D eigenvalue weighted by Gasteiger charge is 2.28. The topological polar surface area (TPSA) is 115 Å². The number of nitrogens with zero attached hydrogens (tertiary/aromatic N) is 5. The van der Waals surface area contributed by atoms with Gasteiger partial charge >= 0.3 is 6.09 Å². The summed E-state index contributed by atoms with van der Waals surface area (Å²) in [6, 6.07) is 9.28. The van der Waals surface area contributed by atoms with E-state index in [-0.39, 0.29) is 12.1 Å². The Morgan fingerprint density at radius 2 is 1.84 bits per heavy atom. The van der Waals surface area contributed by atoms with E-state index in [1.165, 1.54) is 0 Å². The maximum Gasteiger partial charge on any atom is 0.410 e. The van der Waals surface area contributed by atoms with Crippen molar-refractivity contribution in [3.05, 3.63) is 59.0 Å². The summed E-state index contributed by atoms with van der Waals surface area (Å²) >= 11 is 12.5. The maximum atomic E-state index is 12.4. The second kappa shape index (κ2) is 10.3. The van der Waals surface area contributed by atoms with Gasteiger partial charge in [-0.2, -0.15) is 10.2 Å². The van der Waals surface area contributed by atoms with E-state index in [4.69, 9.17) is 33.7 Å². The number of carbonyl (C=O) groups excluding carboxylic acids is 1. The van der Waals surface area contributed by atoms with Gasteiger partial charge in [0.05, 0.1) is 28.6 Å². The van der Waals surface area contributed by atoms with E-state index < -0.39 is 5.60 Å². The zero-order valence-corrected chi connectivity index (χ0v) is 22.9. The Hall–Kier alpha value is -3.56. The molecule has 0 spiro atoms. The summed E-state index contributed by atoms with van der Waals surface area (Å²) in [6.45, 7) is 6.88. The van der Waals surface area contributed by atoms with E-state index in [0.29, 0.717) is 40.2 Å². The van der Waals surface area contributed by atoms with Gasteiger partial charge in [0.2, 0.25) is 0 Å². The van der Waals surface area contributed by atoms with E-state index in [0.717, 1.165) is 35.2 Å². The van der Waals surface area contributed by atoms with Crippen molar-refractivity contribution in [2.45, 2.75) is 45.3 Å². The minimum Gasteiger partial charge on any atom is -0.444 e. The van der Waals surface area contributed by atoms with Gasteiger partial charge in [-0.05, 0) is 63.9 Å². The fourth-order valence-electron chi connectivity index (χ4n) is 4.47. The Balaban J connectivity index is 1.32. The molecule has 0 radical (unpaired) electrons. The van der Waals surface area contributed by atoms with Crippen molar-refractivity contribution in [1.82, 2.24) is 29.9 Å². The molecule has 38 heavy (non-hydrogen) atoms. The van der Waals surface area contributed by atoms with Crippen molar-refractivity contribution in [1.29, 1.82) is 0 Å². The normalized spacial score (nSPS) is 14.6. The number of nitrogens with two attached hydrogens (primary N) is 1. The van der Waals surface area contributed by atoms with Crippen LogP contribution in [0.25, 0.3) is 33.6 Å². The molecule has 1 saturated heterocycles. The lowest BCUT2D eigenvalue weighted by Crippen LogP contribution is -2.42. The van der Waals surface area contributed by atoms with Gasteiger partial charge < -0.3 is 15.4 Å². The number of anilines is 1.